The number of fused-ring (bicyclic) bond motifs is 3. The molecule has 0 radical (unpaired) electrons. The van der Waals surface area contributed by atoms with Gasteiger partial charge in [0.2, 0.25) is 10.0 Å². The maximum absolute atomic E-state index is 13.2. The quantitative estimate of drug-likeness (QED) is 0.653. The highest BCUT2D eigenvalue weighted by Crippen LogP contribution is 2.46. The Hall–Kier alpha value is -2.43. The van der Waals surface area contributed by atoms with Crippen molar-refractivity contribution in [2.45, 2.75) is 37.1 Å². The first kappa shape index (κ1) is 21.4. The lowest BCUT2D eigenvalue weighted by Crippen LogP contribution is -2.40. The summed E-state index contributed by atoms with van der Waals surface area (Å²) in [4.78, 5) is 4.60. The highest BCUT2D eigenvalue weighted by molar-refractivity contribution is 7.89. The lowest BCUT2D eigenvalue weighted by Gasteiger charge is -2.28. The van der Waals surface area contributed by atoms with Crippen molar-refractivity contribution in [1.82, 2.24) is 4.31 Å². The van der Waals surface area contributed by atoms with Crippen LogP contribution in [0.2, 0.25) is 0 Å². The van der Waals surface area contributed by atoms with Crippen LogP contribution in [0.15, 0.2) is 47.4 Å². The van der Waals surface area contributed by atoms with Crippen LogP contribution in [-0.2, 0) is 21.3 Å². The monoisotopic (exact) mass is 465 g/mol. The molecule has 2 aromatic carbocycles. The van der Waals surface area contributed by atoms with Crippen LogP contribution in [0.3, 0.4) is 0 Å². The predicted molar refractivity (Wildman–Crippen MR) is 116 cm³/mol. The van der Waals surface area contributed by atoms with E-state index in [1.165, 1.54) is 10.4 Å². The largest absolute Gasteiger partial charge is 0.434 e. The first-order valence-electron chi connectivity index (χ1n) is 10.7. The first-order chi connectivity index (χ1) is 15.4. The van der Waals surface area contributed by atoms with Gasteiger partial charge in [0.25, 0.3) is 0 Å². The van der Waals surface area contributed by atoms with Gasteiger partial charge in [-0.15, -0.1) is 0 Å². The van der Waals surface area contributed by atoms with E-state index < -0.39 is 16.6 Å². The molecule has 3 aliphatic rings. The molecule has 2 fully saturated rings. The normalized spacial score (nSPS) is 21.2. The molecule has 2 saturated heterocycles. The zero-order valence-electron chi connectivity index (χ0n) is 17.5. The molecule has 0 unspecified atom stereocenters. The average Bonchev–Trinajstić information content (AvgIpc) is 3.37. The van der Waals surface area contributed by atoms with Crippen molar-refractivity contribution >= 4 is 21.4 Å². The van der Waals surface area contributed by atoms with Crippen LogP contribution in [0.1, 0.15) is 18.4 Å². The van der Waals surface area contributed by atoms with Gasteiger partial charge in [-0.1, -0.05) is 18.2 Å². The molecule has 0 saturated carbocycles. The molecule has 3 heterocycles. The van der Waals surface area contributed by atoms with Crippen molar-refractivity contribution in [1.29, 1.82) is 0 Å². The standard InChI is InChI=1S/C22H25F2N3O4S/c23-22(24)31-20-5-2-1-4-16(20)15-27-19-14-17(32(28,29)25-10-12-30-13-11-25)7-8-18(19)26-9-3-6-21(26)27/h1-2,4-5,7-8,14,21-22H,3,6,9-13,15H2/t21-/m1/s1. The maximum atomic E-state index is 13.2. The van der Waals surface area contributed by atoms with Gasteiger partial charge in [0, 0.05) is 31.7 Å². The number of hydrogen-bond acceptors (Lipinski definition) is 6. The summed E-state index contributed by atoms with van der Waals surface area (Å²) < 4.78 is 63.7. The van der Waals surface area contributed by atoms with E-state index in [1.54, 1.807) is 30.3 Å². The summed E-state index contributed by atoms with van der Waals surface area (Å²) in [6.07, 6.45) is 1.99. The minimum absolute atomic E-state index is 0.0611. The Morgan fingerprint density at radius 1 is 1.06 bits per heavy atom. The summed E-state index contributed by atoms with van der Waals surface area (Å²) in [7, 11) is -3.64. The molecule has 5 rings (SSSR count). The fourth-order valence-electron chi connectivity index (χ4n) is 4.81. The van der Waals surface area contributed by atoms with Gasteiger partial charge in [-0.05, 0) is 37.1 Å². The van der Waals surface area contributed by atoms with E-state index in [0.29, 0.717) is 38.4 Å². The van der Waals surface area contributed by atoms with E-state index in [1.807, 2.05) is 6.07 Å². The van der Waals surface area contributed by atoms with E-state index in [2.05, 4.69) is 9.80 Å². The summed E-state index contributed by atoms with van der Waals surface area (Å²) in [5, 5.41) is 0. The molecular formula is C22H25F2N3O4S. The number of halogens is 2. The zero-order chi connectivity index (χ0) is 22.3. The number of hydrogen-bond donors (Lipinski definition) is 0. The number of benzene rings is 2. The van der Waals surface area contributed by atoms with Crippen molar-refractivity contribution in [3.8, 4) is 5.75 Å². The molecule has 0 bridgehead atoms. The lowest BCUT2D eigenvalue weighted by atomic mass is 10.1. The summed E-state index contributed by atoms with van der Waals surface area (Å²) in [5.74, 6) is 0.137. The van der Waals surface area contributed by atoms with Gasteiger partial charge < -0.3 is 19.3 Å². The van der Waals surface area contributed by atoms with E-state index in [4.69, 9.17) is 9.47 Å². The van der Waals surface area contributed by atoms with Crippen LogP contribution >= 0.6 is 0 Å². The Balaban J connectivity index is 1.50. The van der Waals surface area contributed by atoms with Crippen LogP contribution in [0, 0.1) is 0 Å². The summed E-state index contributed by atoms with van der Waals surface area (Å²) in [6, 6.07) is 12.0. The molecule has 0 spiro atoms. The molecule has 0 aromatic heterocycles. The van der Waals surface area contributed by atoms with Crippen molar-refractivity contribution in [2.75, 3.05) is 42.6 Å². The third kappa shape index (κ3) is 3.80. The molecule has 0 amide bonds. The van der Waals surface area contributed by atoms with Gasteiger partial charge in [0.1, 0.15) is 11.9 Å². The third-order valence-corrected chi connectivity index (χ3v) is 8.18. The average molecular weight is 466 g/mol. The van der Waals surface area contributed by atoms with Gasteiger partial charge in [-0.2, -0.15) is 13.1 Å². The smallest absolute Gasteiger partial charge is 0.387 e. The van der Waals surface area contributed by atoms with Crippen molar-refractivity contribution in [3.63, 3.8) is 0 Å². The third-order valence-electron chi connectivity index (χ3n) is 6.28. The Morgan fingerprint density at radius 2 is 1.84 bits per heavy atom. The first-order valence-corrected chi connectivity index (χ1v) is 12.2. The fourth-order valence-corrected chi connectivity index (χ4v) is 6.24. The molecule has 10 heteroatoms. The van der Waals surface area contributed by atoms with Crippen LogP contribution in [0.4, 0.5) is 20.2 Å². The van der Waals surface area contributed by atoms with Crippen LogP contribution in [-0.4, -0.2) is 58.3 Å². The van der Waals surface area contributed by atoms with E-state index in [9.17, 15) is 17.2 Å². The number of nitrogens with zero attached hydrogens (tertiary/aromatic N) is 3. The number of rotatable bonds is 6. The number of para-hydroxylation sites is 1. The minimum Gasteiger partial charge on any atom is -0.434 e. The van der Waals surface area contributed by atoms with Crippen molar-refractivity contribution in [3.05, 3.63) is 48.0 Å². The SMILES string of the molecule is O=S(=O)(c1ccc2c(c1)N(Cc1ccccc1OC(F)F)[C@@H]1CCCN21)N1CCOCC1. The Labute approximate surface area is 186 Å². The number of ether oxygens (including phenoxy) is 2. The summed E-state index contributed by atoms with van der Waals surface area (Å²) >= 11 is 0. The van der Waals surface area contributed by atoms with Crippen LogP contribution in [0.5, 0.6) is 5.75 Å². The Morgan fingerprint density at radius 3 is 2.62 bits per heavy atom. The highest BCUT2D eigenvalue weighted by Gasteiger charge is 2.40. The fraction of sp³-hybridized carbons (Fsp3) is 0.455. The van der Waals surface area contributed by atoms with Gasteiger partial charge in [-0.25, -0.2) is 8.42 Å². The highest BCUT2D eigenvalue weighted by atomic mass is 32.2. The van der Waals surface area contributed by atoms with Crippen molar-refractivity contribution < 1.29 is 26.7 Å². The number of morpholine rings is 1. The molecular weight excluding hydrogens is 440 g/mol. The van der Waals surface area contributed by atoms with Crippen molar-refractivity contribution in [2.24, 2.45) is 0 Å². The second kappa shape index (κ2) is 8.49. The topological polar surface area (TPSA) is 62.3 Å². The van der Waals surface area contributed by atoms with Gasteiger partial charge in [-0.3, -0.25) is 0 Å². The number of alkyl halides is 2. The zero-order valence-corrected chi connectivity index (χ0v) is 18.3. The van der Waals surface area contributed by atoms with E-state index >= 15 is 0 Å². The molecule has 32 heavy (non-hydrogen) atoms. The molecule has 1 atom stereocenters. The van der Waals surface area contributed by atoms with Crippen LogP contribution < -0.4 is 14.5 Å². The summed E-state index contributed by atoms with van der Waals surface area (Å²) in [5.41, 5.74) is 2.41. The molecule has 2 aromatic rings. The molecule has 172 valence electrons. The minimum atomic E-state index is -3.64. The summed E-state index contributed by atoms with van der Waals surface area (Å²) in [6.45, 7) is -0.265. The Kier molecular flexibility index (Phi) is 5.68. The second-order valence-corrected chi connectivity index (χ2v) is 10.0. The van der Waals surface area contributed by atoms with Gasteiger partial charge >= 0.3 is 6.61 Å². The Bertz CT molecular complexity index is 1090. The lowest BCUT2D eigenvalue weighted by molar-refractivity contribution is -0.0504. The number of anilines is 2. The maximum Gasteiger partial charge on any atom is 0.387 e. The number of sulfonamides is 1. The predicted octanol–water partition coefficient (Wildman–Crippen LogP) is 3.26. The molecule has 0 aliphatic carbocycles. The molecule has 7 nitrogen and oxygen atoms in total. The second-order valence-electron chi connectivity index (χ2n) is 8.10. The van der Waals surface area contributed by atoms with Crippen LogP contribution in [0.25, 0.3) is 0 Å². The van der Waals surface area contributed by atoms with Gasteiger partial charge in [0.05, 0.1) is 29.5 Å². The van der Waals surface area contributed by atoms with E-state index in [0.717, 1.165) is 30.8 Å². The van der Waals surface area contributed by atoms with E-state index in [-0.39, 0.29) is 16.8 Å². The van der Waals surface area contributed by atoms with Gasteiger partial charge in [0.15, 0.2) is 0 Å². The molecule has 0 N–H and O–H groups in total. The molecule has 3 aliphatic heterocycles.